The van der Waals surface area contributed by atoms with Crippen LogP contribution >= 0.6 is 0 Å². The first-order valence-corrected chi connectivity index (χ1v) is 7.92. The summed E-state index contributed by atoms with van der Waals surface area (Å²) in [5, 5.41) is 3.29. The van der Waals surface area contributed by atoms with E-state index in [4.69, 9.17) is 0 Å². The first-order chi connectivity index (χ1) is 10.7. The Morgan fingerprint density at radius 1 is 1.18 bits per heavy atom. The van der Waals surface area contributed by atoms with E-state index in [-0.39, 0.29) is 11.9 Å². The van der Waals surface area contributed by atoms with Crippen LogP contribution in [-0.4, -0.2) is 39.9 Å². The summed E-state index contributed by atoms with van der Waals surface area (Å²) in [6.07, 6.45) is 5.41. The molecule has 0 radical (unpaired) electrons. The van der Waals surface area contributed by atoms with Crippen LogP contribution < -0.4 is 5.32 Å². The monoisotopic (exact) mass is 300 g/mol. The fraction of sp³-hybridized carbons (Fsp3) is 0.471. The van der Waals surface area contributed by atoms with Crippen LogP contribution in [0.4, 0.5) is 5.69 Å². The van der Waals surface area contributed by atoms with E-state index < -0.39 is 0 Å². The summed E-state index contributed by atoms with van der Waals surface area (Å²) in [5.41, 5.74) is 2.47. The van der Waals surface area contributed by atoms with Crippen LogP contribution in [0.5, 0.6) is 0 Å². The first kappa shape index (κ1) is 16.2. The molecule has 118 valence electrons. The minimum Gasteiger partial charge on any atom is -0.372 e. The van der Waals surface area contributed by atoms with E-state index in [1.807, 2.05) is 30.0 Å². The van der Waals surface area contributed by atoms with E-state index in [1.54, 1.807) is 12.4 Å². The second-order valence-corrected chi connectivity index (χ2v) is 5.42. The molecular weight excluding hydrogens is 276 g/mol. The SMILES string of the molecule is CCCN(CCC)C(=O)C(C)Nc1ccnc2cccnc12. The number of pyridine rings is 2. The molecule has 0 aromatic carbocycles. The molecule has 2 heterocycles. The molecule has 2 aromatic rings. The molecule has 0 aliphatic rings. The Hall–Kier alpha value is -2.17. The maximum absolute atomic E-state index is 12.6. The molecular formula is C17H24N4O. The smallest absolute Gasteiger partial charge is 0.244 e. The second-order valence-electron chi connectivity index (χ2n) is 5.42. The zero-order chi connectivity index (χ0) is 15.9. The molecule has 0 aliphatic carbocycles. The number of aromatic nitrogens is 2. The molecule has 5 heteroatoms. The van der Waals surface area contributed by atoms with Crippen molar-refractivity contribution in [2.24, 2.45) is 0 Å². The van der Waals surface area contributed by atoms with Gasteiger partial charge in [0, 0.05) is 25.5 Å². The minimum absolute atomic E-state index is 0.129. The van der Waals surface area contributed by atoms with Gasteiger partial charge in [0.15, 0.2) is 0 Å². The molecule has 0 bridgehead atoms. The first-order valence-electron chi connectivity index (χ1n) is 7.92. The number of nitrogens with one attached hydrogen (secondary N) is 1. The molecule has 0 saturated heterocycles. The number of fused-ring (bicyclic) bond motifs is 1. The lowest BCUT2D eigenvalue weighted by molar-refractivity contribution is -0.131. The summed E-state index contributed by atoms with van der Waals surface area (Å²) >= 11 is 0. The van der Waals surface area contributed by atoms with Gasteiger partial charge in [-0.3, -0.25) is 14.8 Å². The average molecular weight is 300 g/mol. The summed E-state index contributed by atoms with van der Waals surface area (Å²) in [6.45, 7) is 7.68. The van der Waals surface area contributed by atoms with Crippen LogP contribution in [0, 0.1) is 0 Å². The van der Waals surface area contributed by atoms with Gasteiger partial charge in [0.25, 0.3) is 0 Å². The van der Waals surface area contributed by atoms with Gasteiger partial charge < -0.3 is 10.2 Å². The molecule has 2 aromatic heterocycles. The maximum Gasteiger partial charge on any atom is 0.244 e. The maximum atomic E-state index is 12.6. The molecule has 5 nitrogen and oxygen atoms in total. The number of carbonyl (C=O) groups excluding carboxylic acids is 1. The Morgan fingerprint density at radius 3 is 2.59 bits per heavy atom. The van der Waals surface area contributed by atoms with E-state index in [9.17, 15) is 4.79 Å². The van der Waals surface area contributed by atoms with Crippen LogP contribution in [0.2, 0.25) is 0 Å². The summed E-state index contributed by atoms with van der Waals surface area (Å²) in [4.78, 5) is 23.2. The Labute approximate surface area is 131 Å². The molecule has 0 spiro atoms. The number of hydrogen-bond donors (Lipinski definition) is 1. The fourth-order valence-corrected chi connectivity index (χ4v) is 2.54. The predicted molar refractivity (Wildman–Crippen MR) is 89.8 cm³/mol. The van der Waals surface area contributed by atoms with Crippen molar-refractivity contribution < 1.29 is 4.79 Å². The van der Waals surface area contributed by atoms with Gasteiger partial charge in [-0.25, -0.2) is 0 Å². The Balaban J connectivity index is 2.15. The number of amides is 1. The van der Waals surface area contributed by atoms with Crippen molar-refractivity contribution in [3.05, 3.63) is 30.6 Å². The largest absolute Gasteiger partial charge is 0.372 e. The molecule has 1 amide bonds. The van der Waals surface area contributed by atoms with Gasteiger partial charge in [0.2, 0.25) is 5.91 Å². The highest BCUT2D eigenvalue weighted by atomic mass is 16.2. The number of nitrogens with zero attached hydrogens (tertiary/aromatic N) is 3. The second kappa shape index (κ2) is 7.73. The third-order valence-electron chi connectivity index (χ3n) is 3.54. The van der Waals surface area contributed by atoms with Crippen molar-refractivity contribution in [3.63, 3.8) is 0 Å². The van der Waals surface area contributed by atoms with Gasteiger partial charge in [-0.1, -0.05) is 13.8 Å². The average Bonchev–Trinajstić information content (AvgIpc) is 2.54. The van der Waals surface area contributed by atoms with Crippen LogP contribution in [0.3, 0.4) is 0 Å². The van der Waals surface area contributed by atoms with Gasteiger partial charge in [0.05, 0.1) is 11.2 Å². The molecule has 1 atom stereocenters. The lowest BCUT2D eigenvalue weighted by Gasteiger charge is -2.26. The van der Waals surface area contributed by atoms with Gasteiger partial charge in [0.1, 0.15) is 11.6 Å². The van der Waals surface area contributed by atoms with Gasteiger partial charge in [-0.2, -0.15) is 0 Å². The summed E-state index contributed by atoms with van der Waals surface area (Å²) in [5.74, 6) is 0.129. The highest BCUT2D eigenvalue weighted by molar-refractivity contribution is 5.91. The number of carbonyl (C=O) groups is 1. The Bertz CT molecular complexity index is 618. The highest BCUT2D eigenvalue weighted by Crippen LogP contribution is 2.19. The zero-order valence-corrected chi connectivity index (χ0v) is 13.5. The fourth-order valence-electron chi connectivity index (χ4n) is 2.54. The molecule has 1 unspecified atom stereocenters. The van der Waals surface area contributed by atoms with E-state index >= 15 is 0 Å². The lowest BCUT2D eigenvalue weighted by atomic mass is 10.2. The molecule has 0 fully saturated rings. The number of rotatable bonds is 7. The third kappa shape index (κ3) is 3.72. The van der Waals surface area contributed by atoms with E-state index in [1.165, 1.54) is 0 Å². The highest BCUT2D eigenvalue weighted by Gasteiger charge is 2.20. The predicted octanol–water partition coefficient (Wildman–Crippen LogP) is 3.08. The van der Waals surface area contributed by atoms with Crippen molar-refractivity contribution >= 4 is 22.6 Å². The van der Waals surface area contributed by atoms with E-state index in [0.29, 0.717) is 0 Å². The van der Waals surface area contributed by atoms with E-state index in [0.717, 1.165) is 42.7 Å². The topological polar surface area (TPSA) is 58.1 Å². The van der Waals surface area contributed by atoms with Crippen molar-refractivity contribution in [1.29, 1.82) is 0 Å². The van der Waals surface area contributed by atoms with Crippen LogP contribution in [0.15, 0.2) is 30.6 Å². The molecule has 0 aliphatic heterocycles. The summed E-state index contributed by atoms with van der Waals surface area (Å²) < 4.78 is 0. The Morgan fingerprint density at radius 2 is 1.91 bits per heavy atom. The van der Waals surface area contributed by atoms with E-state index in [2.05, 4.69) is 29.1 Å². The Kier molecular flexibility index (Phi) is 5.69. The van der Waals surface area contributed by atoms with Crippen molar-refractivity contribution in [2.75, 3.05) is 18.4 Å². The summed E-state index contributed by atoms with van der Waals surface area (Å²) in [6, 6.07) is 5.35. The molecule has 1 N–H and O–H groups in total. The van der Waals surface area contributed by atoms with Gasteiger partial charge >= 0.3 is 0 Å². The van der Waals surface area contributed by atoms with Crippen LogP contribution in [0.1, 0.15) is 33.6 Å². The third-order valence-corrected chi connectivity index (χ3v) is 3.54. The molecule has 22 heavy (non-hydrogen) atoms. The molecule has 0 saturated carbocycles. The molecule has 2 rings (SSSR count). The van der Waals surface area contributed by atoms with Crippen molar-refractivity contribution in [2.45, 2.75) is 39.7 Å². The van der Waals surface area contributed by atoms with Gasteiger partial charge in [-0.15, -0.1) is 0 Å². The standard InChI is InChI=1S/C17H24N4O/c1-4-11-21(12-5-2)17(22)13(3)20-15-8-10-18-14-7-6-9-19-16(14)15/h6-10,13H,4-5,11-12H2,1-3H3,(H,18,20). The van der Waals surface area contributed by atoms with Crippen LogP contribution in [0.25, 0.3) is 11.0 Å². The van der Waals surface area contributed by atoms with Gasteiger partial charge in [-0.05, 0) is 38.0 Å². The quantitative estimate of drug-likeness (QED) is 0.853. The summed E-state index contributed by atoms with van der Waals surface area (Å²) in [7, 11) is 0. The number of hydrogen-bond acceptors (Lipinski definition) is 4. The van der Waals surface area contributed by atoms with Crippen LogP contribution in [-0.2, 0) is 4.79 Å². The zero-order valence-electron chi connectivity index (χ0n) is 13.5. The number of anilines is 1. The minimum atomic E-state index is -0.286. The van der Waals surface area contributed by atoms with Crippen molar-refractivity contribution in [1.82, 2.24) is 14.9 Å². The lowest BCUT2D eigenvalue weighted by Crippen LogP contribution is -2.42. The van der Waals surface area contributed by atoms with Crippen molar-refractivity contribution in [3.8, 4) is 0 Å². The normalized spacial score (nSPS) is 12.1.